The first kappa shape index (κ1) is 13.4. The number of alkyl halides is 1. The second-order valence-electron chi connectivity index (χ2n) is 4.58. The Hall–Kier alpha value is -1.06. The van der Waals surface area contributed by atoms with Gasteiger partial charge in [0.1, 0.15) is 6.29 Å². The second kappa shape index (κ2) is 6.76. The third kappa shape index (κ3) is 3.47. The van der Waals surface area contributed by atoms with Gasteiger partial charge >= 0.3 is 0 Å². The van der Waals surface area contributed by atoms with Gasteiger partial charge in [0.15, 0.2) is 0 Å². The van der Waals surface area contributed by atoms with Crippen LogP contribution in [0.2, 0.25) is 0 Å². The van der Waals surface area contributed by atoms with Gasteiger partial charge in [0.25, 0.3) is 0 Å². The molecule has 0 atom stereocenters. The molecule has 1 fully saturated rings. The summed E-state index contributed by atoms with van der Waals surface area (Å²) in [6.07, 6.45) is 1.95. The summed E-state index contributed by atoms with van der Waals surface area (Å²) < 4.78 is 0. The highest BCUT2D eigenvalue weighted by Crippen LogP contribution is 2.16. The van der Waals surface area contributed by atoms with E-state index >= 15 is 0 Å². The molecule has 1 aromatic carbocycles. The Kier molecular flexibility index (Phi) is 5.02. The third-order valence-corrected chi connectivity index (χ3v) is 3.64. The lowest BCUT2D eigenvalue weighted by Gasteiger charge is -2.36. The number of hydrogen-bond donors (Lipinski definition) is 0. The summed E-state index contributed by atoms with van der Waals surface area (Å²) in [5.41, 5.74) is 1.94. The topological polar surface area (TPSA) is 23.6 Å². The zero-order valence-electron chi connectivity index (χ0n) is 10.5. The van der Waals surface area contributed by atoms with Crippen LogP contribution in [0.3, 0.4) is 0 Å². The molecule has 1 aliphatic heterocycles. The minimum absolute atomic E-state index is 0.736. The van der Waals surface area contributed by atoms with Crippen LogP contribution >= 0.6 is 11.6 Å². The summed E-state index contributed by atoms with van der Waals surface area (Å²) in [4.78, 5) is 15.4. The third-order valence-electron chi connectivity index (χ3n) is 3.37. The Balaban J connectivity index is 1.86. The van der Waals surface area contributed by atoms with Crippen LogP contribution in [0.15, 0.2) is 24.3 Å². The number of hydrogen-bond acceptors (Lipinski definition) is 3. The van der Waals surface area contributed by atoms with Crippen molar-refractivity contribution in [3.8, 4) is 0 Å². The predicted molar refractivity (Wildman–Crippen MR) is 75.8 cm³/mol. The molecule has 0 spiro atoms. The Morgan fingerprint density at radius 1 is 1.11 bits per heavy atom. The molecule has 1 saturated heterocycles. The van der Waals surface area contributed by atoms with E-state index in [1.807, 2.05) is 24.3 Å². The van der Waals surface area contributed by atoms with Gasteiger partial charge in [0.05, 0.1) is 0 Å². The van der Waals surface area contributed by atoms with Gasteiger partial charge in [-0.05, 0) is 37.2 Å². The second-order valence-corrected chi connectivity index (χ2v) is 4.96. The molecule has 1 aliphatic rings. The lowest BCUT2D eigenvalue weighted by atomic mass is 10.2. The van der Waals surface area contributed by atoms with Crippen LogP contribution in [0.1, 0.15) is 16.8 Å². The van der Waals surface area contributed by atoms with Gasteiger partial charge in [-0.1, -0.05) is 0 Å². The van der Waals surface area contributed by atoms with E-state index in [4.69, 9.17) is 11.6 Å². The summed E-state index contributed by atoms with van der Waals surface area (Å²) in [6.45, 7) is 5.37. The van der Waals surface area contributed by atoms with Crippen molar-refractivity contribution in [2.75, 3.05) is 43.5 Å². The highest BCUT2D eigenvalue weighted by atomic mass is 35.5. The Bertz CT molecular complexity index is 372. The lowest BCUT2D eigenvalue weighted by Crippen LogP contribution is -2.46. The molecule has 1 heterocycles. The first-order valence-electron chi connectivity index (χ1n) is 6.42. The molecule has 0 unspecified atom stereocenters. The summed E-state index contributed by atoms with van der Waals surface area (Å²) in [5, 5.41) is 0. The molecule has 0 amide bonds. The maximum Gasteiger partial charge on any atom is 0.150 e. The van der Waals surface area contributed by atoms with Crippen molar-refractivity contribution in [3.63, 3.8) is 0 Å². The Morgan fingerprint density at radius 2 is 1.78 bits per heavy atom. The minimum atomic E-state index is 0.736. The van der Waals surface area contributed by atoms with E-state index < -0.39 is 0 Å². The molecule has 0 aromatic heterocycles. The average molecular weight is 267 g/mol. The van der Waals surface area contributed by atoms with Crippen LogP contribution in [-0.4, -0.2) is 49.8 Å². The molecular weight excluding hydrogens is 248 g/mol. The van der Waals surface area contributed by atoms with Crippen molar-refractivity contribution >= 4 is 23.6 Å². The van der Waals surface area contributed by atoms with Crippen molar-refractivity contribution in [2.24, 2.45) is 0 Å². The average Bonchev–Trinajstić information content (AvgIpc) is 2.46. The summed E-state index contributed by atoms with van der Waals surface area (Å²) in [6, 6.07) is 7.81. The van der Waals surface area contributed by atoms with E-state index in [1.165, 1.54) is 5.69 Å². The van der Waals surface area contributed by atoms with Crippen LogP contribution < -0.4 is 4.90 Å². The highest BCUT2D eigenvalue weighted by Gasteiger charge is 2.16. The number of carbonyl (C=O) groups is 1. The van der Waals surface area contributed by atoms with E-state index in [0.29, 0.717) is 0 Å². The van der Waals surface area contributed by atoms with Crippen molar-refractivity contribution < 1.29 is 4.79 Å². The molecule has 0 bridgehead atoms. The van der Waals surface area contributed by atoms with Gasteiger partial charge in [-0.25, -0.2) is 0 Å². The number of nitrogens with zero attached hydrogens (tertiary/aromatic N) is 2. The molecule has 1 aromatic rings. The molecular formula is C14H19ClN2O. The summed E-state index contributed by atoms with van der Waals surface area (Å²) in [5.74, 6) is 0.743. The van der Waals surface area contributed by atoms with E-state index in [0.717, 1.165) is 56.9 Å². The summed E-state index contributed by atoms with van der Waals surface area (Å²) >= 11 is 5.71. The molecule has 0 aliphatic carbocycles. The van der Waals surface area contributed by atoms with Gasteiger partial charge in [-0.15, -0.1) is 11.6 Å². The molecule has 98 valence electrons. The number of halogens is 1. The van der Waals surface area contributed by atoms with Crippen LogP contribution in [-0.2, 0) is 0 Å². The first-order valence-corrected chi connectivity index (χ1v) is 6.95. The van der Waals surface area contributed by atoms with E-state index in [2.05, 4.69) is 9.80 Å². The SMILES string of the molecule is O=Cc1ccc(N2CCN(CCCCl)CC2)cc1. The van der Waals surface area contributed by atoms with E-state index in [1.54, 1.807) is 0 Å². The fourth-order valence-corrected chi connectivity index (χ4v) is 2.40. The first-order chi connectivity index (χ1) is 8.83. The van der Waals surface area contributed by atoms with Crippen LogP contribution in [0.4, 0.5) is 5.69 Å². The molecule has 4 heteroatoms. The number of piperazine rings is 1. The molecule has 18 heavy (non-hydrogen) atoms. The Labute approximate surface area is 113 Å². The molecule has 0 N–H and O–H groups in total. The van der Waals surface area contributed by atoms with Gasteiger partial charge in [-0.3, -0.25) is 9.69 Å². The van der Waals surface area contributed by atoms with Crippen molar-refractivity contribution in [1.82, 2.24) is 4.90 Å². The monoisotopic (exact) mass is 266 g/mol. The largest absolute Gasteiger partial charge is 0.369 e. The lowest BCUT2D eigenvalue weighted by molar-refractivity contribution is 0.112. The normalized spacial score (nSPS) is 16.8. The van der Waals surface area contributed by atoms with Crippen molar-refractivity contribution in [2.45, 2.75) is 6.42 Å². The Morgan fingerprint density at radius 3 is 2.33 bits per heavy atom. The molecule has 0 saturated carbocycles. The maximum absolute atomic E-state index is 10.6. The zero-order chi connectivity index (χ0) is 12.8. The number of aldehydes is 1. The highest BCUT2D eigenvalue weighted by molar-refractivity contribution is 6.17. The number of benzene rings is 1. The quantitative estimate of drug-likeness (QED) is 0.603. The van der Waals surface area contributed by atoms with Crippen molar-refractivity contribution in [3.05, 3.63) is 29.8 Å². The van der Waals surface area contributed by atoms with Gasteiger partial charge in [-0.2, -0.15) is 0 Å². The number of anilines is 1. The predicted octanol–water partition coefficient (Wildman–Crippen LogP) is 2.25. The standard InChI is InChI=1S/C14H19ClN2O/c15-6-1-7-16-8-10-17(11-9-16)14-4-2-13(12-18)3-5-14/h2-5,12H,1,6-11H2. The fraction of sp³-hybridized carbons (Fsp3) is 0.500. The van der Waals surface area contributed by atoms with Crippen LogP contribution in [0.25, 0.3) is 0 Å². The molecule has 0 radical (unpaired) electrons. The van der Waals surface area contributed by atoms with Crippen LogP contribution in [0, 0.1) is 0 Å². The number of carbonyl (C=O) groups excluding carboxylic acids is 1. The molecule has 2 rings (SSSR count). The summed E-state index contributed by atoms with van der Waals surface area (Å²) in [7, 11) is 0. The van der Waals surface area contributed by atoms with Gasteiger partial charge in [0.2, 0.25) is 0 Å². The molecule has 3 nitrogen and oxygen atoms in total. The van der Waals surface area contributed by atoms with Crippen LogP contribution in [0.5, 0.6) is 0 Å². The van der Waals surface area contributed by atoms with Gasteiger partial charge in [0, 0.05) is 43.3 Å². The number of rotatable bonds is 5. The maximum atomic E-state index is 10.6. The minimum Gasteiger partial charge on any atom is -0.369 e. The fourth-order valence-electron chi connectivity index (χ4n) is 2.28. The van der Waals surface area contributed by atoms with Gasteiger partial charge < -0.3 is 4.90 Å². The zero-order valence-corrected chi connectivity index (χ0v) is 11.3. The smallest absolute Gasteiger partial charge is 0.150 e. The van der Waals surface area contributed by atoms with E-state index in [9.17, 15) is 4.79 Å². The van der Waals surface area contributed by atoms with E-state index in [-0.39, 0.29) is 0 Å². The van der Waals surface area contributed by atoms with Crippen molar-refractivity contribution in [1.29, 1.82) is 0 Å².